The maximum absolute atomic E-state index is 14.0. The number of para-hydroxylation sites is 1. The number of piperidine rings is 1. The zero-order chi connectivity index (χ0) is 34.7. The van der Waals surface area contributed by atoms with Gasteiger partial charge in [0.25, 0.3) is 0 Å². The van der Waals surface area contributed by atoms with Gasteiger partial charge in [-0.15, -0.1) is 0 Å². The smallest absolute Gasteiger partial charge is 0.441 e. The Balaban J connectivity index is 1.25. The minimum absolute atomic E-state index is 0.0343. The molecule has 2 aliphatic rings. The van der Waals surface area contributed by atoms with E-state index in [2.05, 4.69) is 10.6 Å². The summed E-state index contributed by atoms with van der Waals surface area (Å²) in [6.45, 7) is 5.05. The second-order valence-corrected chi connectivity index (χ2v) is 14.6. The van der Waals surface area contributed by atoms with Gasteiger partial charge in [0, 0.05) is 25.0 Å². The molecule has 3 aromatic rings. The first kappa shape index (κ1) is 34.7. The lowest BCUT2D eigenvalue weighted by molar-refractivity contribution is -0.141. The van der Waals surface area contributed by atoms with Crippen molar-refractivity contribution >= 4 is 33.6 Å². The number of aryl methyl sites for hydroxylation is 1. The summed E-state index contributed by atoms with van der Waals surface area (Å²) in [5.41, 5.74) is 0.539. The van der Waals surface area contributed by atoms with Crippen LogP contribution in [0, 0.1) is 6.92 Å². The average molecular weight is 685 g/mol. The largest absolute Gasteiger partial charge is 0.519 e. The number of hydrogen-bond donors (Lipinski definition) is 2. The van der Waals surface area contributed by atoms with Gasteiger partial charge in [0.2, 0.25) is 21.8 Å². The molecular weight excluding hydrogens is 644 g/mol. The van der Waals surface area contributed by atoms with Crippen molar-refractivity contribution in [2.24, 2.45) is 0 Å². The molecule has 258 valence electrons. The third kappa shape index (κ3) is 7.73. The van der Waals surface area contributed by atoms with Gasteiger partial charge in [-0.3, -0.25) is 13.9 Å². The van der Waals surface area contributed by atoms with Crippen LogP contribution in [0.3, 0.4) is 0 Å². The van der Waals surface area contributed by atoms with E-state index in [1.807, 2.05) is 48.5 Å². The first-order valence-electron chi connectivity index (χ1n) is 15.5. The number of ether oxygens (including phenoxy) is 2. The molecule has 15 heteroatoms. The van der Waals surface area contributed by atoms with Crippen molar-refractivity contribution in [1.82, 2.24) is 15.5 Å². The van der Waals surface area contributed by atoms with E-state index in [1.165, 1.54) is 31.3 Å². The zero-order valence-electron chi connectivity index (χ0n) is 27.3. The predicted molar refractivity (Wildman–Crippen MR) is 174 cm³/mol. The standard InChI is InChI=1S/C33H40N4O10S/c1-22-27(47-31(41)46-22)20-45-30(40)35-32(2,3)29(39)34-25(19-44-18-23-10-6-5-7-11-23)28(38)36-16-14-33(15-17-36)21-37(48(4,42)43)26-13-9-8-12-24(26)33/h5-13,25H,14-21H2,1-4H3,(H,34,39)(H,35,40)/t25-/m1/s1. The molecule has 1 saturated heterocycles. The van der Waals surface area contributed by atoms with Crippen LogP contribution in [-0.2, 0) is 47.7 Å². The van der Waals surface area contributed by atoms with Crippen molar-refractivity contribution in [2.75, 3.05) is 36.8 Å². The highest BCUT2D eigenvalue weighted by molar-refractivity contribution is 7.92. The molecule has 1 spiro atoms. The van der Waals surface area contributed by atoms with E-state index in [0.29, 0.717) is 38.2 Å². The van der Waals surface area contributed by atoms with Gasteiger partial charge < -0.3 is 33.8 Å². The molecule has 3 heterocycles. The van der Waals surface area contributed by atoms with Crippen LogP contribution >= 0.6 is 0 Å². The Bertz CT molecular complexity index is 1810. The van der Waals surface area contributed by atoms with E-state index in [-0.39, 0.29) is 30.6 Å². The molecule has 2 aliphatic heterocycles. The van der Waals surface area contributed by atoms with Gasteiger partial charge in [-0.25, -0.2) is 18.0 Å². The maximum atomic E-state index is 14.0. The quantitative estimate of drug-likeness (QED) is 0.305. The number of sulfonamides is 1. The van der Waals surface area contributed by atoms with E-state index in [0.717, 1.165) is 11.1 Å². The lowest BCUT2D eigenvalue weighted by Crippen LogP contribution is -2.61. The van der Waals surface area contributed by atoms with Crippen molar-refractivity contribution in [3.05, 3.63) is 87.9 Å². The fraction of sp³-hybridized carbons (Fsp3) is 0.455. The van der Waals surface area contributed by atoms with Gasteiger partial charge in [-0.05, 0) is 50.8 Å². The Morgan fingerprint density at radius 2 is 1.67 bits per heavy atom. The lowest BCUT2D eigenvalue weighted by Gasteiger charge is -2.41. The number of hydrogen-bond acceptors (Lipinski definition) is 10. The van der Waals surface area contributed by atoms with Crippen LogP contribution < -0.4 is 20.8 Å². The van der Waals surface area contributed by atoms with E-state index >= 15 is 0 Å². The average Bonchev–Trinajstić information content (AvgIpc) is 3.55. The second kappa shape index (κ2) is 13.8. The maximum Gasteiger partial charge on any atom is 0.519 e. The third-order valence-corrected chi connectivity index (χ3v) is 9.90. The number of carbonyl (C=O) groups is 3. The van der Waals surface area contributed by atoms with Crippen LogP contribution in [0.25, 0.3) is 0 Å². The molecule has 0 unspecified atom stereocenters. The molecule has 1 fully saturated rings. The third-order valence-electron chi connectivity index (χ3n) is 8.77. The highest BCUT2D eigenvalue weighted by Crippen LogP contribution is 2.47. The fourth-order valence-electron chi connectivity index (χ4n) is 6.05. The topological polar surface area (TPSA) is 178 Å². The number of anilines is 1. The van der Waals surface area contributed by atoms with Crippen LogP contribution in [0.2, 0.25) is 0 Å². The highest BCUT2D eigenvalue weighted by atomic mass is 32.2. The first-order chi connectivity index (χ1) is 22.7. The zero-order valence-corrected chi connectivity index (χ0v) is 28.1. The molecule has 48 heavy (non-hydrogen) atoms. The van der Waals surface area contributed by atoms with Crippen LogP contribution in [-0.4, -0.2) is 75.3 Å². The highest BCUT2D eigenvalue weighted by Gasteiger charge is 2.48. The summed E-state index contributed by atoms with van der Waals surface area (Å²) < 4.78 is 47.2. The molecule has 14 nitrogen and oxygen atoms in total. The summed E-state index contributed by atoms with van der Waals surface area (Å²) >= 11 is 0. The number of likely N-dealkylation sites (tertiary alicyclic amines) is 1. The Labute approximate surface area is 278 Å². The van der Waals surface area contributed by atoms with E-state index < -0.39 is 51.4 Å². The summed E-state index contributed by atoms with van der Waals surface area (Å²) in [7, 11) is -3.49. The summed E-state index contributed by atoms with van der Waals surface area (Å²) in [6.07, 6.45) is 1.30. The Morgan fingerprint density at radius 1 is 1.00 bits per heavy atom. The van der Waals surface area contributed by atoms with Crippen LogP contribution in [0.15, 0.2) is 68.2 Å². The summed E-state index contributed by atoms with van der Waals surface area (Å²) in [4.78, 5) is 52.9. The summed E-state index contributed by atoms with van der Waals surface area (Å²) in [6, 6.07) is 15.8. The molecule has 0 bridgehead atoms. The van der Waals surface area contributed by atoms with Crippen molar-refractivity contribution in [3.63, 3.8) is 0 Å². The molecule has 2 N–H and O–H groups in total. The summed E-state index contributed by atoms with van der Waals surface area (Å²) in [5, 5.41) is 5.22. The number of nitrogens with zero attached hydrogens (tertiary/aromatic N) is 2. The number of amides is 3. The predicted octanol–water partition coefficient (Wildman–Crippen LogP) is 2.59. The molecule has 1 atom stereocenters. The molecule has 1 aromatic heterocycles. The lowest BCUT2D eigenvalue weighted by atomic mass is 9.74. The van der Waals surface area contributed by atoms with Gasteiger partial charge in [0.05, 0.1) is 25.2 Å². The van der Waals surface area contributed by atoms with Gasteiger partial charge in [-0.2, -0.15) is 0 Å². The van der Waals surface area contributed by atoms with E-state index in [1.54, 1.807) is 11.0 Å². The molecule has 0 radical (unpaired) electrons. The number of alkyl carbamates (subject to hydrolysis) is 1. The molecule has 3 amide bonds. The number of carbonyl (C=O) groups excluding carboxylic acids is 3. The van der Waals surface area contributed by atoms with Gasteiger partial charge in [0.1, 0.15) is 11.6 Å². The first-order valence-corrected chi connectivity index (χ1v) is 17.4. The molecule has 2 aromatic carbocycles. The fourth-order valence-corrected chi connectivity index (χ4v) is 7.05. The van der Waals surface area contributed by atoms with Crippen LogP contribution in [0.5, 0.6) is 0 Å². The Kier molecular flexibility index (Phi) is 10.0. The SMILES string of the molecule is Cc1oc(=O)oc1COC(=O)NC(C)(C)C(=O)N[C@H](COCc1ccccc1)C(=O)N1CCC2(CC1)CN(S(C)(=O)=O)c1ccccc12. The number of rotatable bonds is 11. The Hall–Kier alpha value is -4.63. The molecule has 0 aliphatic carbocycles. The monoisotopic (exact) mass is 684 g/mol. The second-order valence-electron chi connectivity index (χ2n) is 12.7. The normalized spacial score (nSPS) is 16.3. The van der Waals surface area contributed by atoms with Crippen molar-refractivity contribution in [2.45, 2.75) is 63.8 Å². The summed E-state index contributed by atoms with van der Waals surface area (Å²) in [5.74, 6) is -1.75. The van der Waals surface area contributed by atoms with Crippen molar-refractivity contribution < 1.29 is 41.1 Å². The van der Waals surface area contributed by atoms with Crippen LogP contribution in [0.4, 0.5) is 10.5 Å². The number of fused-ring (bicyclic) bond motifs is 2. The van der Waals surface area contributed by atoms with Crippen molar-refractivity contribution in [3.8, 4) is 0 Å². The Morgan fingerprint density at radius 3 is 2.31 bits per heavy atom. The minimum Gasteiger partial charge on any atom is -0.441 e. The van der Waals surface area contributed by atoms with E-state index in [4.69, 9.17) is 18.3 Å². The van der Waals surface area contributed by atoms with E-state index in [9.17, 15) is 27.6 Å². The van der Waals surface area contributed by atoms with Gasteiger partial charge in [-0.1, -0.05) is 48.5 Å². The van der Waals surface area contributed by atoms with Crippen molar-refractivity contribution in [1.29, 1.82) is 0 Å². The molecule has 0 saturated carbocycles. The van der Waals surface area contributed by atoms with Gasteiger partial charge in [0.15, 0.2) is 18.1 Å². The van der Waals surface area contributed by atoms with Crippen LogP contribution in [0.1, 0.15) is 49.3 Å². The number of nitrogens with one attached hydrogen (secondary N) is 2. The number of benzene rings is 2. The minimum atomic E-state index is -3.49. The molecule has 5 rings (SSSR count). The molecular formula is C33H40N4O10S. The van der Waals surface area contributed by atoms with Gasteiger partial charge >= 0.3 is 11.9 Å².